The van der Waals surface area contributed by atoms with Gasteiger partial charge in [-0.15, -0.1) is 12.7 Å². The smallest absolute Gasteiger partial charge is 0.0682 e. The largest absolute Gasteiger partial charge is 0.851 e. The van der Waals surface area contributed by atoms with Gasteiger partial charge in [0.25, 0.3) is 0 Å². The second-order valence-corrected chi connectivity index (χ2v) is 0.831. The van der Waals surface area contributed by atoms with E-state index in [1.54, 1.807) is 12.2 Å². The average Bonchev–Trinajstić information content (AvgIpc) is 1.61. The van der Waals surface area contributed by atoms with E-state index in [2.05, 4.69) is 6.58 Å². The molecule has 0 aliphatic rings. The summed E-state index contributed by atoms with van der Waals surface area (Å²) in [6.45, 7) is 3.23. The quantitative estimate of drug-likeness (QED) is 0.434. The molecule has 1 nitrogen and oxygen atoms in total. The van der Waals surface area contributed by atoms with E-state index in [9.17, 15) is 5.11 Å². The van der Waals surface area contributed by atoms with Crippen LogP contribution in [0.3, 0.4) is 0 Å². The van der Waals surface area contributed by atoms with Crippen molar-refractivity contribution in [3.63, 3.8) is 0 Å². The van der Waals surface area contributed by atoms with Gasteiger partial charge in [-0.05, 0) is 0 Å². The van der Waals surface area contributed by atoms with Gasteiger partial charge in [0.05, 0.1) is 0 Å². The van der Waals surface area contributed by atoms with E-state index < -0.39 is 0 Å². The van der Waals surface area contributed by atoms with Crippen molar-refractivity contribution in [1.29, 1.82) is 0 Å². The highest BCUT2D eigenvalue weighted by atomic mass is 16.2. The summed E-state index contributed by atoms with van der Waals surface area (Å²) in [4.78, 5) is 0. The molecule has 0 N–H and O–H groups in total. The monoisotopic (exact) mass is 83.1 g/mol. The molecule has 0 bridgehead atoms. The Morgan fingerprint density at radius 3 is 2.50 bits per heavy atom. The van der Waals surface area contributed by atoms with Gasteiger partial charge in [-0.25, -0.2) is 0 Å². The van der Waals surface area contributed by atoms with Crippen LogP contribution in [0.4, 0.5) is 0 Å². The SMILES string of the molecule is C=C/C=C/C[O-]. The van der Waals surface area contributed by atoms with Crippen LogP contribution in [0.15, 0.2) is 24.8 Å². The van der Waals surface area contributed by atoms with Crippen molar-refractivity contribution in [2.24, 2.45) is 0 Å². The maximum absolute atomic E-state index is 9.55. The van der Waals surface area contributed by atoms with Gasteiger partial charge in [0.1, 0.15) is 0 Å². The molecule has 0 spiro atoms. The summed E-state index contributed by atoms with van der Waals surface area (Å²) < 4.78 is 0. The number of allylic oxidation sites excluding steroid dienone is 2. The molecular weight excluding hydrogens is 76.1 g/mol. The lowest BCUT2D eigenvalue weighted by Crippen LogP contribution is -1.99. The second-order valence-electron chi connectivity index (χ2n) is 0.831. The summed E-state index contributed by atoms with van der Waals surface area (Å²) >= 11 is 0. The van der Waals surface area contributed by atoms with E-state index >= 15 is 0 Å². The van der Waals surface area contributed by atoms with Crippen molar-refractivity contribution < 1.29 is 5.11 Å². The van der Waals surface area contributed by atoms with Crippen LogP contribution in [0, 0.1) is 0 Å². The topological polar surface area (TPSA) is 23.1 Å². The molecule has 0 aromatic heterocycles. The summed E-state index contributed by atoms with van der Waals surface area (Å²) in [6, 6.07) is 0. The first-order valence-electron chi connectivity index (χ1n) is 1.77. The third-order valence-corrected chi connectivity index (χ3v) is 0.368. The average molecular weight is 83.1 g/mol. The van der Waals surface area contributed by atoms with Crippen LogP contribution in [0.25, 0.3) is 0 Å². The van der Waals surface area contributed by atoms with Crippen molar-refractivity contribution in [3.8, 4) is 0 Å². The Bertz CT molecular complexity index is 55.0. The van der Waals surface area contributed by atoms with E-state index in [0.717, 1.165) is 0 Å². The molecule has 0 atom stereocenters. The van der Waals surface area contributed by atoms with E-state index in [1.807, 2.05) is 0 Å². The highest BCUT2D eigenvalue weighted by Gasteiger charge is 1.47. The fourth-order valence-corrected chi connectivity index (χ4v) is 0.152. The van der Waals surface area contributed by atoms with Gasteiger partial charge in [-0.2, -0.15) is 0 Å². The van der Waals surface area contributed by atoms with Gasteiger partial charge < -0.3 is 5.11 Å². The summed E-state index contributed by atoms with van der Waals surface area (Å²) in [5, 5.41) is 9.55. The van der Waals surface area contributed by atoms with Gasteiger partial charge in [-0.3, -0.25) is 0 Å². The number of hydrogen-bond acceptors (Lipinski definition) is 1. The molecular formula is C5H7O-. The molecule has 0 aliphatic heterocycles. The van der Waals surface area contributed by atoms with Crippen LogP contribution in [0.5, 0.6) is 0 Å². The molecule has 0 aromatic rings. The molecule has 0 unspecified atom stereocenters. The summed E-state index contributed by atoms with van der Waals surface area (Å²) in [5.41, 5.74) is 0. The van der Waals surface area contributed by atoms with Crippen molar-refractivity contribution in [3.05, 3.63) is 24.8 Å². The van der Waals surface area contributed by atoms with Gasteiger partial charge in [0.15, 0.2) is 0 Å². The maximum Gasteiger partial charge on any atom is -0.0682 e. The van der Waals surface area contributed by atoms with E-state index in [4.69, 9.17) is 0 Å². The third kappa shape index (κ3) is 3.44. The van der Waals surface area contributed by atoms with Crippen LogP contribution in [0.2, 0.25) is 0 Å². The zero-order chi connectivity index (χ0) is 4.83. The molecule has 6 heavy (non-hydrogen) atoms. The van der Waals surface area contributed by atoms with Crippen molar-refractivity contribution in [1.82, 2.24) is 0 Å². The molecule has 0 fully saturated rings. The number of rotatable bonds is 2. The lowest BCUT2D eigenvalue weighted by molar-refractivity contribution is -0.352. The maximum atomic E-state index is 9.55. The summed E-state index contributed by atoms with van der Waals surface area (Å²) in [5.74, 6) is 0. The molecule has 0 aliphatic carbocycles. The Kier molecular flexibility index (Phi) is 4.03. The summed E-state index contributed by atoms with van der Waals surface area (Å²) in [6.07, 6.45) is 4.72. The zero-order valence-corrected chi connectivity index (χ0v) is 3.55. The minimum Gasteiger partial charge on any atom is -0.851 e. The molecule has 0 rings (SSSR count). The van der Waals surface area contributed by atoms with Crippen LogP contribution in [-0.4, -0.2) is 6.61 Å². The Labute approximate surface area is 37.6 Å². The van der Waals surface area contributed by atoms with Gasteiger partial charge in [-0.1, -0.05) is 18.7 Å². The first kappa shape index (κ1) is 5.44. The lowest BCUT2D eigenvalue weighted by atomic mass is 10.5. The Balaban J connectivity index is 2.94. The molecule has 34 valence electrons. The molecule has 0 radical (unpaired) electrons. The fourth-order valence-electron chi connectivity index (χ4n) is 0.152. The van der Waals surface area contributed by atoms with Crippen molar-refractivity contribution in [2.75, 3.05) is 6.61 Å². The Hall–Kier alpha value is -0.560. The van der Waals surface area contributed by atoms with Gasteiger partial charge >= 0.3 is 0 Å². The van der Waals surface area contributed by atoms with Crippen LogP contribution in [0.1, 0.15) is 0 Å². The predicted molar refractivity (Wildman–Crippen MR) is 24.2 cm³/mol. The standard InChI is InChI=1S/C5H7O/c1-2-3-4-5-6/h2-4H,1,5H2/q-1/b4-3+. The van der Waals surface area contributed by atoms with Gasteiger partial charge in [0, 0.05) is 0 Å². The molecule has 0 saturated heterocycles. The number of hydrogen-bond donors (Lipinski definition) is 0. The van der Waals surface area contributed by atoms with Crippen LogP contribution >= 0.6 is 0 Å². The first-order chi connectivity index (χ1) is 2.91. The fraction of sp³-hybridized carbons (Fsp3) is 0.200. The second kappa shape index (κ2) is 4.44. The third-order valence-electron chi connectivity index (χ3n) is 0.368. The van der Waals surface area contributed by atoms with E-state index in [0.29, 0.717) is 0 Å². The minimum absolute atomic E-state index is 0.147. The molecule has 0 aromatic carbocycles. The Morgan fingerprint density at radius 2 is 2.33 bits per heavy atom. The minimum atomic E-state index is -0.147. The van der Waals surface area contributed by atoms with E-state index in [-0.39, 0.29) is 6.61 Å². The van der Waals surface area contributed by atoms with Crippen molar-refractivity contribution >= 4 is 0 Å². The predicted octanol–water partition coefficient (Wildman–Crippen LogP) is 0.0889. The summed E-state index contributed by atoms with van der Waals surface area (Å²) in [7, 11) is 0. The van der Waals surface area contributed by atoms with Gasteiger partial charge in [0.2, 0.25) is 0 Å². The first-order valence-corrected chi connectivity index (χ1v) is 1.77. The molecule has 0 saturated carbocycles. The van der Waals surface area contributed by atoms with Crippen molar-refractivity contribution in [2.45, 2.75) is 0 Å². The molecule has 1 heteroatoms. The normalized spacial score (nSPS) is 9.50. The Morgan fingerprint density at radius 1 is 1.67 bits per heavy atom. The zero-order valence-electron chi connectivity index (χ0n) is 3.55. The molecule has 0 heterocycles. The highest BCUT2D eigenvalue weighted by Crippen LogP contribution is 1.64. The van der Waals surface area contributed by atoms with Crippen LogP contribution < -0.4 is 5.11 Å². The van der Waals surface area contributed by atoms with E-state index in [1.165, 1.54) is 6.08 Å². The van der Waals surface area contributed by atoms with Crippen LogP contribution in [-0.2, 0) is 0 Å². The highest BCUT2D eigenvalue weighted by molar-refractivity contribution is 4.96. The lowest BCUT2D eigenvalue weighted by Gasteiger charge is -1.86. The molecule has 0 amide bonds.